The summed E-state index contributed by atoms with van der Waals surface area (Å²) in [5.41, 5.74) is 11.3. The summed E-state index contributed by atoms with van der Waals surface area (Å²) in [6, 6.07) is 12.0. The Morgan fingerprint density at radius 3 is 2.37 bits per heavy atom. The molecule has 3 N–H and O–H groups in total. The fraction of sp³-hybridized carbons (Fsp3) is 0.440. The molecule has 0 fully saturated rings. The van der Waals surface area contributed by atoms with Crippen LogP contribution in [0.4, 0.5) is 0 Å². The Kier molecular flexibility index (Phi) is 7.27. The first kappa shape index (κ1) is 22.9. The van der Waals surface area contributed by atoms with Gasteiger partial charge in [0.05, 0.1) is 12.0 Å². The molecule has 0 saturated carbocycles. The summed E-state index contributed by atoms with van der Waals surface area (Å²) >= 11 is 3.64. The predicted molar refractivity (Wildman–Crippen MR) is 126 cm³/mol. The lowest BCUT2D eigenvalue weighted by Crippen LogP contribution is -2.55. The molecule has 3 rings (SSSR count). The Morgan fingerprint density at radius 1 is 1.07 bits per heavy atom. The second-order valence-electron chi connectivity index (χ2n) is 8.24. The van der Waals surface area contributed by atoms with Gasteiger partial charge in [-0.3, -0.25) is 9.59 Å². The lowest BCUT2D eigenvalue weighted by molar-refractivity contribution is -0.116. The van der Waals surface area contributed by atoms with E-state index >= 15 is 0 Å². The van der Waals surface area contributed by atoms with Gasteiger partial charge in [-0.25, -0.2) is 0 Å². The zero-order valence-electron chi connectivity index (χ0n) is 18.1. The van der Waals surface area contributed by atoms with Gasteiger partial charge in [-0.1, -0.05) is 60.8 Å². The standard InChI is InChI=1S/C25H31BrN2O2/c1-4-6-12-28-25(24(27)7-5-2)21-14-17(23(30)13-16(3)29)8-10-19(21)20-11-9-18(26)15-22(20)25/h8-11,14-15,24,28H,4-7,12-13,27H2,1-3H3. The molecule has 0 radical (unpaired) electrons. The smallest absolute Gasteiger partial charge is 0.170 e. The van der Waals surface area contributed by atoms with Crippen LogP contribution in [-0.2, 0) is 10.3 Å². The van der Waals surface area contributed by atoms with E-state index in [0.29, 0.717) is 5.56 Å². The van der Waals surface area contributed by atoms with Crippen LogP contribution in [0.2, 0.25) is 0 Å². The number of carbonyl (C=O) groups excluding carboxylic acids is 2. The van der Waals surface area contributed by atoms with Gasteiger partial charge in [0.2, 0.25) is 0 Å². The Hall–Kier alpha value is -1.82. The summed E-state index contributed by atoms with van der Waals surface area (Å²) in [6.07, 6.45) is 3.88. The summed E-state index contributed by atoms with van der Waals surface area (Å²) < 4.78 is 1.01. The number of hydrogen-bond acceptors (Lipinski definition) is 4. The number of rotatable bonds is 10. The highest BCUT2D eigenvalue weighted by Gasteiger charge is 2.47. The van der Waals surface area contributed by atoms with Crippen molar-refractivity contribution in [3.05, 3.63) is 57.6 Å². The average Bonchev–Trinajstić information content (AvgIpc) is 2.97. The van der Waals surface area contributed by atoms with Crippen LogP contribution in [0.5, 0.6) is 0 Å². The third-order valence-electron chi connectivity index (χ3n) is 5.96. The molecule has 1 aliphatic carbocycles. The second kappa shape index (κ2) is 9.54. The molecule has 2 aromatic carbocycles. The maximum atomic E-state index is 12.7. The van der Waals surface area contributed by atoms with E-state index in [2.05, 4.69) is 47.2 Å². The fourth-order valence-corrected chi connectivity index (χ4v) is 4.90. The molecule has 0 aliphatic heterocycles. The van der Waals surface area contributed by atoms with Crippen molar-refractivity contribution in [3.63, 3.8) is 0 Å². The number of nitrogens with one attached hydrogen (secondary N) is 1. The molecular formula is C25H31BrN2O2. The first-order chi connectivity index (χ1) is 14.3. The zero-order valence-corrected chi connectivity index (χ0v) is 19.6. The van der Waals surface area contributed by atoms with Crippen LogP contribution in [0.15, 0.2) is 40.9 Å². The van der Waals surface area contributed by atoms with Crippen LogP contribution >= 0.6 is 15.9 Å². The second-order valence-corrected chi connectivity index (χ2v) is 9.15. The van der Waals surface area contributed by atoms with Gasteiger partial charge in [0, 0.05) is 16.1 Å². The third kappa shape index (κ3) is 4.16. The molecule has 160 valence electrons. The highest BCUT2D eigenvalue weighted by molar-refractivity contribution is 9.10. The molecule has 2 aromatic rings. The van der Waals surface area contributed by atoms with Crippen LogP contribution in [0.3, 0.4) is 0 Å². The maximum Gasteiger partial charge on any atom is 0.170 e. The quantitative estimate of drug-likeness (QED) is 0.278. The lowest BCUT2D eigenvalue weighted by Gasteiger charge is -2.39. The van der Waals surface area contributed by atoms with E-state index in [-0.39, 0.29) is 24.0 Å². The minimum atomic E-state index is -0.563. The number of ketones is 2. The molecule has 0 amide bonds. The lowest BCUT2D eigenvalue weighted by atomic mass is 9.78. The van der Waals surface area contributed by atoms with Crippen molar-refractivity contribution in [1.29, 1.82) is 0 Å². The summed E-state index contributed by atoms with van der Waals surface area (Å²) in [5, 5.41) is 3.80. The molecule has 30 heavy (non-hydrogen) atoms. The van der Waals surface area contributed by atoms with Crippen LogP contribution in [-0.4, -0.2) is 24.2 Å². The Labute approximate surface area is 187 Å². The molecule has 0 spiro atoms. The molecule has 0 saturated heterocycles. The number of carbonyl (C=O) groups is 2. The number of fused-ring (bicyclic) bond motifs is 3. The number of nitrogens with two attached hydrogens (primary N) is 1. The van der Waals surface area contributed by atoms with Gasteiger partial charge in [-0.05, 0) is 66.8 Å². The van der Waals surface area contributed by atoms with E-state index in [1.54, 1.807) is 0 Å². The van der Waals surface area contributed by atoms with Crippen molar-refractivity contribution < 1.29 is 9.59 Å². The van der Waals surface area contributed by atoms with Gasteiger partial charge >= 0.3 is 0 Å². The van der Waals surface area contributed by atoms with Gasteiger partial charge in [-0.15, -0.1) is 0 Å². The van der Waals surface area contributed by atoms with E-state index in [9.17, 15) is 9.59 Å². The summed E-state index contributed by atoms with van der Waals surface area (Å²) in [6.45, 7) is 6.60. The fourth-order valence-electron chi connectivity index (χ4n) is 4.54. The molecule has 2 atom stereocenters. The van der Waals surface area contributed by atoms with E-state index in [4.69, 9.17) is 5.73 Å². The van der Waals surface area contributed by atoms with Gasteiger partial charge in [0.1, 0.15) is 5.78 Å². The predicted octanol–water partition coefficient (Wildman–Crippen LogP) is 5.35. The largest absolute Gasteiger partial charge is 0.326 e. The van der Waals surface area contributed by atoms with Crippen molar-refractivity contribution in [2.75, 3.05) is 6.54 Å². The topological polar surface area (TPSA) is 72.2 Å². The van der Waals surface area contributed by atoms with Gasteiger partial charge in [0.25, 0.3) is 0 Å². The Balaban J connectivity index is 2.22. The molecule has 0 bridgehead atoms. The number of Topliss-reactive ketones (excluding diaryl/α,β-unsaturated/α-hetero) is 2. The van der Waals surface area contributed by atoms with Crippen LogP contribution in [0.25, 0.3) is 11.1 Å². The van der Waals surface area contributed by atoms with Crippen molar-refractivity contribution >= 4 is 27.5 Å². The SMILES string of the molecule is CCCCNC1(C(N)CCC)c2cc(Br)ccc2-c2ccc(C(=O)CC(C)=O)cc21. The highest BCUT2D eigenvalue weighted by Crippen LogP contribution is 2.50. The van der Waals surface area contributed by atoms with E-state index in [1.165, 1.54) is 6.92 Å². The molecule has 0 heterocycles. The Bertz CT molecular complexity index is 956. The number of unbranched alkanes of at least 4 members (excludes halogenated alkanes) is 1. The van der Waals surface area contributed by atoms with Gasteiger partial charge in [0.15, 0.2) is 5.78 Å². The minimum absolute atomic E-state index is 0.0748. The summed E-state index contributed by atoms with van der Waals surface area (Å²) in [7, 11) is 0. The van der Waals surface area contributed by atoms with E-state index in [0.717, 1.165) is 59.0 Å². The summed E-state index contributed by atoms with van der Waals surface area (Å²) in [4.78, 5) is 24.2. The molecule has 1 aliphatic rings. The van der Waals surface area contributed by atoms with E-state index in [1.807, 2.05) is 24.3 Å². The molecule has 0 aromatic heterocycles. The normalized spacial score (nSPS) is 18.0. The van der Waals surface area contributed by atoms with Gasteiger partial charge < -0.3 is 11.1 Å². The zero-order chi connectivity index (χ0) is 21.9. The van der Waals surface area contributed by atoms with Crippen LogP contribution < -0.4 is 11.1 Å². The molecular weight excluding hydrogens is 440 g/mol. The third-order valence-corrected chi connectivity index (χ3v) is 6.46. The van der Waals surface area contributed by atoms with Crippen LogP contribution in [0.1, 0.15) is 74.4 Å². The van der Waals surface area contributed by atoms with Crippen molar-refractivity contribution in [2.45, 2.75) is 64.5 Å². The average molecular weight is 471 g/mol. The first-order valence-corrected chi connectivity index (χ1v) is 11.6. The van der Waals surface area contributed by atoms with Crippen molar-refractivity contribution in [2.24, 2.45) is 5.73 Å². The first-order valence-electron chi connectivity index (χ1n) is 10.8. The maximum absolute atomic E-state index is 12.7. The van der Waals surface area contributed by atoms with E-state index < -0.39 is 5.54 Å². The highest BCUT2D eigenvalue weighted by atomic mass is 79.9. The molecule has 2 unspecified atom stereocenters. The Morgan fingerprint density at radius 2 is 1.73 bits per heavy atom. The van der Waals surface area contributed by atoms with Crippen molar-refractivity contribution in [3.8, 4) is 11.1 Å². The van der Waals surface area contributed by atoms with Crippen molar-refractivity contribution in [1.82, 2.24) is 5.32 Å². The minimum Gasteiger partial charge on any atom is -0.326 e. The monoisotopic (exact) mass is 470 g/mol. The number of halogens is 1. The number of benzene rings is 2. The molecule has 5 heteroatoms. The summed E-state index contributed by atoms with van der Waals surface area (Å²) in [5.74, 6) is -0.267. The van der Waals surface area contributed by atoms with Gasteiger partial charge in [-0.2, -0.15) is 0 Å². The number of hydrogen-bond donors (Lipinski definition) is 2. The van der Waals surface area contributed by atoms with Crippen LogP contribution in [0, 0.1) is 0 Å². The molecule has 4 nitrogen and oxygen atoms in total.